The van der Waals surface area contributed by atoms with Gasteiger partial charge in [-0.05, 0) is 109 Å². The van der Waals surface area contributed by atoms with Crippen LogP contribution < -0.4 is 15.4 Å². The van der Waals surface area contributed by atoms with E-state index in [-0.39, 0.29) is 6.10 Å². The summed E-state index contributed by atoms with van der Waals surface area (Å²) in [6, 6.07) is 8.56. The molecule has 4 aliphatic rings. The number of nitrogens with zero attached hydrogens (tertiary/aromatic N) is 6. The molecule has 0 radical (unpaired) electrons. The molecule has 3 N–H and O–H groups in total. The Hall–Kier alpha value is -3.68. The highest BCUT2D eigenvalue weighted by Crippen LogP contribution is 2.54. The zero-order valence-corrected chi connectivity index (χ0v) is 26.1. The summed E-state index contributed by atoms with van der Waals surface area (Å²) in [4.78, 5) is 14.6. The van der Waals surface area contributed by atoms with Crippen LogP contribution in [-0.4, -0.2) is 69.6 Å². The van der Waals surface area contributed by atoms with Crippen molar-refractivity contribution in [2.45, 2.75) is 101 Å². The van der Waals surface area contributed by atoms with Crippen LogP contribution in [0.2, 0.25) is 0 Å². The van der Waals surface area contributed by atoms with E-state index in [9.17, 15) is 10.4 Å². The Morgan fingerprint density at radius 1 is 1.11 bits per heavy atom. The highest BCUT2D eigenvalue weighted by Gasteiger charge is 2.49. The molecule has 2 aliphatic heterocycles. The Labute approximate surface area is 259 Å². The topological polar surface area (TPSA) is 138 Å². The van der Waals surface area contributed by atoms with Gasteiger partial charge in [-0.2, -0.15) is 10.2 Å². The van der Waals surface area contributed by atoms with Gasteiger partial charge < -0.3 is 25.0 Å². The molecule has 10 heteroatoms. The average molecular weight is 598 g/mol. The quantitative estimate of drug-likeness (QED) is 0.396. The van der Waals surface area contributed by atoms with Gasteiger partial charge in [0.1, 0.15) is 18.0 Å². The van der Waals surface area contributed by atoms with Gasteiger partial charge in [0, 0.05) is 36.4 Å². The van der Waals surface area contributed by atoms with Crippen LogP contribution in [0.4, 0.5) is 11.5 Å². The van der Waals surface area contributed by atoms with Gasteiger partial charge in [0.15, 0.2) is 17.3 Å². The van der Waals surface area contributed by atoms with Gasteiger partial charge >= 0.3 is 0 Å². The molecule has 10 nitrogen and oxygen atoms in total. The van der Waals surface area contributed by atoms with E-state index in [2.05, 4.69) is 41.1 Å². The minimum atomic E-state index is -0.686. The Bertz CT molecular complexity index is 1610. The number of anilines is 2. The summed E-state index contributed by atoms with van der Waals surface area (Å²) >= 11 is 0. The highest BCUT2D eigenvalue weighted by atomic mass is 16.5. The number of nitrogens with two attached hydrogens (primary N) is 1. The van der Waals surface area contributed by atoms with Crippen LogP contribution in [0.15, 0.2) is 22.7 Å². The van der Waals surface area contributed by atoms with Gasteiger partial charge in [-0.15, -0.1) is 0 Å². The first-order chi connectivity index (χ1) is 21.2. The molecule has 3 aromatic rings. The molecule has 1 spiro atoms. The van der Waals surface area contributed by atoms with Gasteiger partial charge in [-0.25, -0.2) is 4.98 Å². The van der Waals surface area contributed by atoms with Gasteiger partial charge in [-0.3, -0.25) is 4.90 Å². The molecular weight excluding hydrogens is 554 g/mol. The number of aromatic nitrogens is 3. The Morgan fingerprint density at radius 3 is 2.77 bits per heavy atom. The number of nitriles is 1. The maximum Gasteiger partial charge on any atom is 0.219 e. The predicted molar refractivity (Wildman–Crippen MR) is 168 cm³/mol. The third-order valence-corrected chi connectivity index (χ3v) is 10.7. The normalized spacial score (nSPS) is 27.5. The van der Waals surface area contributed by atoms with Crippen molar-refractivity contribution in [2.75, 3.05) is 37.3 Å². The lowest BCUT2D eigenvalue weighted by Crippen LogP contribution is -2.38. The number of aryl methyl sites for hydroxylation is 1. The van der Waals surface area contributed by atoms with Crippen molar-refractivity contribution < 1.29 is 14.4 Å². The van der Waals surface area contributed by atoms with Gasteiger partial charge in [0.25, 0.3) is 0 Å². The van der Waals surface area contributed by atoms with E-state index in [1.165, 1.54) is 5.56 Å². The number of ether oxygens (including phenoxy) is 1. The molecule has 1 aromatic carbocycles. The average Bonchev–Trinajstić information content (AvgIpc) is 3.70. The minimum absolute atomic E-state index is 0.0395. The number of benzene rings is 1. The van der Waals surface area contributed by atoms with Crippen LogP contribution in [-0.2, 0) is 18.3 Å². The molecule has 4 heterocycles. The van der Waals surface area contributed by atoms with Crippen molar-refractivity contribution in [1.82, 2.24) is 20.0 Å². The second-order valence-electron chi connectivity index (χ2n) is 13.7. The summed E-state index contributed by atoms with van der Waals surface area (Å²) in [7, 11) is 2.15. The third kappa shape index (κ3) is 4.90. The lowest BCUT2D eigenvalue weighted by Gasteiger charge is -2.33. The summed E-state index contributed by atoms with van der Waals surface area (Å²) in [5, 5.41) is 25.5. The molecule has 2 fully saturated rings. The van der Waals surface area contributed by atoms with Crippen molar-refractivity contribution in [1.29, 1.82) is 5.26 Å². The molecule has 44 heavy (non-hydrogen) atoms. The first-order valence-corrected chi connectivity index (χ1v) is 16.2. The van der Waals surface area contributed by atoms with Gasteiger partial charge in [0.05, 0.1) is 16.6 Å². The summed E-state index contributed by atoms with van der Waals surface area (Å²) in [6.45, 7) is 6.59. The number of aliphatic hydroxyl groups is 1. The molecular formula is C34H43N7O3. The largest absolute Gasteiger partial charge is 0.473 e. The molecule has 4 atom stereocenters. The number of fused-ring (bicyclic) bond motifs is 4. The van der Waals surface area contributed by atoms with Crippen molar-refractivity contribution in [3.05, 3.63) is 46.2 Å². The summed E-state index contributed by atoms with van der Waals surface area (Å²) < 4.78 is 12.8. The molecule has 7 rings (SSSR count). The molecule has 232 valence electrons. The fourth-order valence-corrected chi connectivity index (χ4v) is 8.29. The summed E-state index contributed by atoms with van der Waals surface area (Å²) in [5.41, 5.74) is 10.1. The molecule has 0 amide bonds. The molecule has 0 saturated carbocycles. The van der Waals surface area contributed by atoms with E-state index in [0.29, 0.717) is 47.7 Å². The lowest BCUT2D eigenvalue weighted by molar-refractivity contribution is 0.0481. The molecule has 2 saturated heterocycles. The van der Waals surface area contributed by atoms with Crippen molar-refractivity contribution in [3.63, 3.8) is 0 Å². The molecule has 2 aliphatic carbocycles. The number of nitrogen functional groups attached to an aromatic ring is 1. The van der Waals surface area contributed by atoms with Crippen molar-refractivity contribution in [3.8, 4) is 23.5 Å². The molecule has 2 aromatic heterocycles. The number of likely N-dealkylation sites (N-methyl/N-ethyl adjacent to an activating group) is 1. The van der Waals surface area contributed by atoms with E-state index in [1.54, 1.807) is 0 Å². The monoisotopic (exact) mass is 597 g/mol. The molecule has 0 bridgehead atoms. The van der Waals surface area contributed by atoms with Crippen molar-refractivity contribution in [2.24, 2.45) is 0 Å². The predicted octanol–water partition coefficient (Wildman–Crippen LogP) is 4.76. The zero-order chi connectivity index (χ0) is 30.6. The van der Waals surface area contributed by atoms with Crippen LogP contribution in [0.1, 0.15) is 93.2 Å². The van der Waals surface area contributed by atoms with E-state index in [0.717, 1.165) is 93.6 Å². The SMILES string of the molecule is C[C@H](Oc1cc(N2CCCC(C)(O)CC2)nc(-c2noc3c2CCC[C@@]32CCc3ccc(N)c(C#N)c32)n1)[C@@H]1CCCN1C. The number of likely N-dealkylation sites (tertiary alicyclic amines) is 1. The first-order valence-electron chi connectivity index (χ1n) is 16.2. The third-order valence-electron chi connectivity index (χ3n) is 10.7. The Morgan fingerprint density at radius 2 is 1.98 bits per heavy atom. The van der Waals surface area contributed by atoms with Crippen LogP contribution in [0, 0.1) is 11.3 Å². The van der Waals surface area contributed by atoms with E-state index in [1.807, 2.05) is 19.1 Å². The van der Waals surface area contributed by atoms with Crippen LogP contribution in [0.3, 0.4) is 0 Å². The summed E-state index contributed by atoms with van der Waals surface area (Å²) in [6.07, 6.45) is 8.87. The summed E-state index contributed by atoms with van der Waals surface area (Å²) in [5.74, 6) is 2.63. The van der Waals surface area contributed by atoms with Crippen LogP contribution in [0.5, 0.6) is 5.88 Å². The van der Waals surface area contributed by atoms with Gasteiger partial charge in [-0.1, -0.05) is 11.2 Å². The lowest BCUT2D eigenvalue weighted by atomic mass is 9.68. The van der Waals surface area contributed by atoms with Gasteiger partial charge in [0.2, 0.25) is 5.88 Å². The number of hydrogen-bond acceptors (Lipinski definition) is 10. The second-order valence-corrected chi connectivity index (χ2v) is 13.7. The van der Waals surface area contributed by atoms with E-state index < -0.39 is 11.0 Å². The minimum Gasteiger partial charge on any atom is -0.473 e. The maximum atomic E-state index is 10.8. The smallest absolute Gasteiger partial charge is 0.219 e. The van der Waals surface area contributed by atoms with E-state index in [4.69, 9.17) is 25.0 Å². The van der Waals surface area contributed by atoms with E-state index >= 15 is 0 Å². The standard InChI is InChI=1S/C34H43N7O3/c1-21(26-8-5-16-40(26)3)43-28-19-27(41-17-6-12-33(2,42)15-18-41)37-32(38-28)30-23-7-4-13-34(31(23)44-39-30)14-11-22-9-10-25(36)24(20-35)29(22)34/h9-10,19,21,26,42H,4-8,11-18,36H2,1-3H3/t21-,26-,33?,34-/m0/s1. The fourth-order valence-electron chi connectivity index (χ4n) is 8.29. The first kappa shape index (κ1) is 29.1. The highest BCUT2D eigenvalue weighted by molar-refractivity contribution is 5.68. The number of hydrogen-bond donors (Lipinski definition) is 2. The van der Waals surface area contributed by atoms with Crippen LogP contribution >= 0.6 is 0 Å². The van der Waals surface area contributed by atoms with Crippen molar-refractivity contribution >= 4 is 11.5 Å². The fraction of sp³-hybridized carbons (Fsp3) is 0.588. The molecule has 1 unspecified atom stereocenters. The number of rotatable bonds is 5. The Kier molecular flexibility index (Phi) is 7.29. The maximum absolute atomic E-state index is 10.8. The Balaban J connectivity index is 1.30. The zero-order valence-electron chi connectivity index (χ0n) is 26.1. The second kappa shape index (κ2) is 11.0. The van der Waals surface area contributed by atoms with Crippen LogP contribution in [0.25, 0.3) is 11.5 Å².